The summed E-state index contributed by atoms with van der Waals surface area (Å²) in [7, 11) is 1.67. The maximum Gasteiger partial charge on any atom is 0.273 e. The number of benzene rings is 1. The molecule has 1 aromatic heterocycles. The lowest BCUT2D eigenvalue weighted by molar-refractivity contribution is -0.127. The highest BCUT2D eigenvalue weighted by molar-refractivity contribution is 7.03. The van der Waals surface area contributed by atoms with E-state index in [0.717, 1.165) is 17.1 Å². The zero-order chi connectivity index (χ0) is 15.7. The first-order chi connectivity index (χ1) is 10.6. The molecule has 0 radical (unpaired) electrons. The maximum atomic E-state index is 13.1. The van der Waals surface area contributed by atoms with E-state index in [-0.39, 0.29) is 35.8 Å². The Morgan fingerprint density at radius 1 is 1.41 bits per heavy atom. The fourth-order valence-electron chi connectivity index (χ4n) is 2.62. The van der Waals surface area contributed by atoms with Crippen LogP contribution in [0.2, 0.25) is 0 Å². The Labute approximate surface area is 130 Å². The molecule has 1 fully saturated rings. The van der Waals surface area contributed by atoms with Gasteiger partial charge in [0.15, 0.2) is 5.69 Å². The molecular formula is C14H13FN4O2S. The summed E-state index contributed by atoms with van der Waals surface area (Å²) in [6.07, 6.45) is 0.196. The number of carbonyl (C=O) groups is 2. The molecule has 2 amide bonds. The molecule has 2 unspecified atom stereocenters. The monoisotopic (exact) mass is 320 g/mol. The van der Waals surface area contributed by atoms with Crippen LogP contribution in [-0.2, 0) is 4.79 Å². The van der Waals surface area contributed by atoms with Crippen molar-refractivity contribution < 1.29 is 14.0 Å². The molecular weight excluding hydrogens is 307 g/mol. The predicted octanol–water partition coefficient (Wildman–Crippen LogP) is 1.38. The summed E-state index contributed by atoms with van der Waals surface area (Å²) >= 11 is 1.08. The van der Waals surface area contributed by atoms with Gasteiger partial charge in [0.2, 0.25) is 5.91 Å². The maximum absolute atomic E-state index is 13.1. The lowest BCUT2D eigenvalue weighted by Crippen LogP contribution is -2.39. The first-order valence-electron chi connectivity index (χ1n) is 6.65. The number of hydrogen-bond acceptors (Lipinski definition) is 5. The van der Waals surface area contributed by atoms with E-state index in [0.29, 0.717) is 0 Å². The largest absolute Gasteiger partial charge is 0.345 e. The Morgan fingerprint density at radius 3 is 2.77 bits per heavy atom. The van der Waals surface area contributed by atoms with Gasteiger partial charge in [-0.15, -0.1) is 5.10 Å². The van der Waals surface area contributed by atoms with Crippen LogP contribution in [-0.4, -0.2) is 39.4 Å². The highest BCUT2D eigenvalue weighted by Gasteiger charge is 2.39. The fourth-order valence-corrected chi connectivity index (χ4v) is 3.06. The Hall–Kier alpha value is -2.35. The number of carbonyl (C=O) groups excluding carboxylic acids is 2. The van der Waals surface area contributed by atoms with Crippen LogP contribution < -0.4 is 5.32 Å². The average molecular weight is 320 g/mol. The van der Waals surface area contributed by atoms with Gasteiger partial charge in [0.1, 0.15) is 5.82 Å². The molecule has 1 aliphatic heterocycles. The third kappa shape index (κ3) is 2.69. The highest BCUT2D eigenvalue weighted by Crippen LogP contribution is 2.32. The highest BCUT2D eigenvalue weighted by atomic mass is 32.1. The number of halogens is 1. The van der Waals surface area contributed by atoms with Gasteiger partial charge < -0.3 is 10.2 Å². The van der Waals surface area contributed by atoms with Crippen LogP contribution in [0.25, 0.3) is 0 Å². The predicted molar refractivity (Wildman–Crippen MR) is 77.7 cm³/mol. The van der Waals surface area contributed by atoms with Crippen molar-refractivity contribution in [2.24, 2.45) is 0 Å². The van der Waals surface area contributed by atoms with Gasteiger partial charge in [-0.05, 0) is 29.2 Å². The minimum absolute atomic E-state index is 0.0731. The number of rotatable bonds is 3. The second kappa shape index (κ2) is 5.80. The molecule has 6 nitrogen and oxygen atoms in total. The van der Waals surface area contributed by atoms with Gasteiger partial charge in [0.25, 0.3) is 5.91 Å². The second-order valence-corrected chi connectivity index (χ2v) is 5.69. The van der Waals surface area contributed by atoms with E-state index in [4.69, 9.17) is 0 Å². The summed E-state index contributed by atoms with van der Waals surface area (Å²) in [6, 6.07) is 5.21. The number of nitrogens with zero attached hydrogens (tertiary/aromatic N) is 3. The van der Waals surface area contributed by atoms with E-state index in [9.17, 15) is 14.0 Å². The van der Waals surface area contributed by atoms with E-state index in [1.807, 2.05) is 0 Å². The fraction of sp³-hybridized carbons (Fsp3) is 0.286. The van der Waals surface area contributed by atoms with Gasteiger partial charge in [-0.1, -0.05) is 16.6 Å². The van der Waals surface area contributed by atoms with Crippen LogP contribution in [0.15, 0.2) is 29.6 Å². The number of aromatic nitrogens is 2. The van der Waals surface area contributed by atoms with Crippen molar-refractivity contribution in [2.75, 3.05) is 7.05 Å². The molecule has 1 aromatic carbocycles. The Kier molecular flexibility index (Phi) is 3.84. The summed E-state index contributed by atoms with van der Waals surface area (Å²) in [5.74, 6) is -0.783. The van der Waals surface area contributed by atoms with Gasteiger partial charge in [-0.25, -0.2) is 4.39 Å². The molecule has 3 rings (SSSR count). The van der Waals surface area contributed by atoms with E-state index >= 15 is 0 Å². The van der Waals surface area contributed by atoms with Crippen LogP contribution in [0.5, 0.6) is 0 Å². The minimum Gasteiger partial charge on any atom is -0.345 e. The van der Waals surface area contributed by atoms with Crippen LogP contribution in [0.4, 0.5) is 4.39 Å². The molecule has 8 heteroatoms. The summed E-state index contributed by atoms with van der Waals surface area (Å²) < 4.78 is 16.7. The molecule has 1 aliphatic rings. The SMILES string of the molecule is CN1C(=O)CC(NC(=O)c2csnn2)C1c1ccc(F)cc1. The average Bonchev–Trinajstić information content (AvgIpc) is 3.11. The van der Waals surface area contributed by atoms with Gasteiger partial charge in [-0.3, -0.25) is 9.59 Å². The van der Waals surface area contributed by atoms with Crippen LogP contribution in [0.1, 0.15) is 28.5 Å². The Bertz CT molecular complexity index is 689. The van der Waals surface area contributed by atoms with Crippen LogP contribution in [0, 0.1) is 5.82 Å². The van der Waals surface area contributed by atoms with Crippen molar-refractivity contribution in [2.45, 2.75) is 18.5 Å². The number of likely N-dealkylation sites (N-methyl/N-ethyl adjacent to an activating group) is 1. The molecule has 2 heterocycles. The van der Waals surface area contributed by atoms with Gasteiger partial charge in [0, 0.05) is 18.8 Å². The van der Waals surface area contributed by atoms with Crippen LogP contribution in [0.3, 0.4) is 0 Å². The molecule has 22 heavy (non-hydrogen) atoms. The third-order valence-electron chi connectivity index (χ3n) is 3.71. The Balaban J connectivity index is 1.83. The van der Waals surface area contributed by atoms with E-state index in [1.165, 1.54) is 12.1 Å². The topological polar surface area (TPSA) is 75.2 Å². The summed E-state index contributed by atoms with van der Waals surface area (Å²) in [4.78, 5) is 25.7. The number of nitrogens with one attached hydrogen (secondary N) is 1. The summed E-state index contributed by atoms with van der Waals surface area (Å²) in [6.45, 7) is 0. The van der Waals surface area contributed by atoms with Crippen molar-refractivity contribution in [3.63, 3.8) is 0 Å². The first-order valence-corrected chi connectivity index (χ1v) is 7.49. The Morgan fingerprint density at radius 2 is 2.14 bits per heavy atom. The summed E-state index contributed by atoms with van der Waals surface area (Å²) in [5.41, 5.74) is 1.00. The van der Waals surface area contributed by atoms with Crippen molar-refractivity contribution in [1.29, 1.82) is 0 Å². The second-order valence-electron chi connectivity index (χ2n) is 5.08. The molecule has 2 atom stereocenters. The molecule has 0 saturated carbocycles. The zero-order valence-electron chi connectivity index (χ0n) is 11.7. The molecule has 0 aliphatic carbocycles. The molecule has 2 aromatic rings. The van der Waals surface area contributed by atoms with Gasteiger partial charge in [0.05, 0.1) is 12.1 Å². The molecule has 1 saturated heterocycles. The van der Waals surface area contributed by atoms with Crippen molar-refractivity contribution in [3.05, 3.63) is 46.7 Å². The van der Waals surface area contributed by atoms with Gasteiger partial charge >= 0.3 is 0 Å². The molecule has 114 valence electrons. The summed E-state index contributed by atoms with van der Waals surface area (Å²) in [5, 5.41) is 8.07. The quantitative estimate of drug-likeness (QED) is 0.927. The van der Waals surface area contributed by atoms with Gasteiger partial charge in [-0.2, -0.15) is 0 Å². The van der Waals surface area contributed by atoms with Crippen molar-refractivity contribution in [1.82, 2.24) is 19.8 Å². The third-order valence-corrected chi connectivity index (χ3v) is 4.21. The number of hydrogen-bond donors (Lipinski definition) is 1. The molecule has 1 N–H and O–H groups in total. The van der Waals surface area contributed by atoms with Crippen LogP contribution >= 0.6 is 11.5 Å². The smallest absolute Gasteiger partial charge is 0.273 e. The zero-order valence-corrected chi connectivity index (χ0v) is 12.5. The van der Waals surface area contributed by atoms with Crippen molar-refractivity contribution >= 4 is 23.3 Å². The number of likely N-dealkylation sites (tertiary alicyclic amines) is 1. The van der Waals surface area contributed by atoms with E-state index in [2.05, 4.69) is 14.9 Å². The molecule has 0 spiro atoms. The van der Waals surface area contributed by atoms with Crippen molar-refractivity contribution in [3.8, 4) is 0 Å². The minimum atomic E-state index is -0.392. The standard InChI is InChI=1S/C14H13FN4O2S/c1-19-12(20)6-10(16-14(21)11-7-22-18-17-11)13(19)8-2-4-9(15)5-3-8/h2-5,7,10,13H,6H2,1H3,(H,16,21). The van der Waals surface area contributed by atoms with E-state index < -0.39 is 6.04 Å². The van der Waals surface area contributed by atoms with E-state index in [1.54, 1.807) is 29.5 Å². The molecule has 0 bridgehead atoms. The lowest BCUT2D eigenvalue weighted by atomic mass is 10.00. The first kappa shape index (κ1) is 14.6. The number of amides is 2. The lowest BCUT2D eigenvalue weighted by Gasteiger charge is -2.25. The normalized spacial score (nSPS) is 21.2.